The van der Waals surface area contributed by atoms with E-state index in [1.165, 1.54) is 5.56 Å². The molecule has 1 aromatic rings. The first-order valence-corrected chi connectivity index (χ1v) is 9.28. The number of halogens is 3. The lowest BCUT2D eigenvalue weighted by Crippen LogP contribution is -2.46. The van der Waals surface area contributed by atoms with Crippen LogP contribution in [0, 0.1) is 5.92 Å². The average molecular weight is 440 g/mol. The summed E-state index contributed by atoms with van der Waals surface area (Å²) in [6.45, 7) is 9.30. The molecule has 2 fully saturated rings. The quantitative estimate of drug-likeness (QED) is 0.639. The Bertz CT molecular complexity index is 507. The summed E-state index contributed by atoms with van der Waals surface area (Å²) < 4.78 is 0. The fourth-order valence-electron chi connectivity index (χ4n) is 3.55. The van der Waals surface area contributed by atoms with Gasteiger partial charge in [0.15, 0.2) is 0 Å². The van der Waals surface area contributed by atoms with Crippen LogP contribution in [0.3, 0.4) is 0 Å². The highest BCUT2D eigenvalue weighted by Crippen LogP contribution is 2.09. The van der Waals surface area contributed by atoms with Gasteiger partial charge in [0, 0.05) is 45.8 Å². The molecule has 0 aliphatic carbocycles. The van der Waals surface area contributed by atoms with Gasteiger partial charge in [0.2, 0.25) is 5.91 Å². The van der Waals surface area contributed by atoms with Crippen LogP contribution < -0.4 is 10.6 Å². The maximum absolute atomic E-state index is 11.9. The van der Waals surface area contributed by atoms with Crippen molar-refractivity contribution < 1.29 is 4.79 Å². The van der Waals surface area contributed by atoms with Gasteiger partial charge in [0.1, 0.15) is 0 Å². The number of hydrogen-bond donors (Lipinski definition) is 2. The summed E-state index contributed by atoms with van der Waals surface area (Å²) in [5.74, 6) is 0.416. The van der Waals surface area contributed by atoms with Crippen molar-refractivity contribution in [3.8, 4) is 0 Å². The van der Waals surface area contributed by atoms with Gasteiger partial charge in [0.05, 0.1) is 5.92 Å². The third-order valence-corrected chi connectivity index (χ3v) is 5.10. The summed E-state index contributed by atoms with van der Waals surface area (Å²) >= 11 is 0. The van der Waals surface area contributed by atoms with E-state index in [2.05, 4.69) is 50.8 Å². The van der Waals surface area contributed by atoms with Crippen molar-refractivity contribution in [3.63, 3.8) is 0 Å². The van der Waals surface area contributed by atoms with E-state index in [1.54, 1.807) is 0 Å². The van der Waals surface area contributed by atoms with Crippen LogP contribution in [0.5, 0.6) is 0 Å². The number of rotatable bonds is 7. The average Bonchev–Trinajstić information content (AvgIpc) is 3.16. The van der Waals surface area contributed by atoms with E-state index < -0.39 is 0 Å². The number of piperazine rings is 1. The van der Waals surface area contributed by atoms with Crippen LogP contribution in [0.15, 0.2) is 30.3 Å². The first-order chi connectivity index (χ1) is 11.8. The van der Waals surface area contributed by atoms with E-state index in [-0.39, 0.29) is 49.0 Å². The number of amides is 1. The lowest BCUT2D eigenvalue weighted by Gasteiger charge is -2.34. The third-order valence-electron chi connectivity index (χ3n) is 5.10. The van der Waals surface area contributed by atoms with E-state index in [4.69, 9.17) is 0 Å². The first kappa shape index (κ1) is 26.4. The minimum Gasteiger partial charge on any atom is -0.356 e. The van der Waals surface area contributed by atoms with E-state index in [9.17, 15) is 4.79 Å². The molecule has 2 heterocycles. The molecule has 1 unspecified atom stereocenters. The Morgan fingerprint density at radius 3 is 2.33 bits per heavy atom. The Labute approximate surface area is 181 Å². The maximum Gasteiger partial charge on any atom is 0.224 e. The standard InChI is InChI=1S/C19H30N4O.3ClH/c24-19(18-7-9-20-15-18)21-8-4-10-22-11-13-23(14-12-22)16-17-5-2-1-3-6-17;;;/h1-3,5-6,18,20H,4,7-16H2,(H,21,24);3*1H. The van der Waals surface area contributed by atoms with Crippen molar-refractivity contribution in [2.24, 2.45) is 5.92 Å². The largest absolute Gasteiger partial charge is 0.356 e. The van der Waals surface area contributed by atoms with Gasteiger partial charge in [-0.15, -0.1) is 37.2 Å². The Morgan fingerprint density at radius 2 is 1.70 bits per heavy atom. The number of carbonyl (C=O) groups excluding carboxylic acids is 1. The predicted octanol–water partition coefficient (Wildman–Crippen LogP) is 2.19. The van der Waals surface area contributed by atoms with Crippen LogP contribution in [0.1, 0.15) is 18.4 Å². The number of nitrogens with one attached hydrogen (secondary N) is 2. The molecule has 2 aliphatic heterocycles. The molecule has 0 saturated carbocycles. The smallest absolute Gasteiger partial charge is 0.224 e. The summed E-state index contributed by atoms with van der Waals surface area (Å²) in [5.41, 5.74) is 1.40. The van der Waals surface area contributed by atoms with Crippen LogP contribution in [-0.2, 0) is 11.3 Å². The van der Waals surface area contributed by atoms with Crippen molar-refractivity contribution >= 4 is 43.1 Å². The molecule has 1 aromatic carbocycles. The molecular formula is C19H33Cl3N4O. The van der Waals surface area contributed by atoms with Gasteiger partial charge in [0.25, 0.3) is 0 Å². The van der Waals surface area contributed by atoms with Gasteiger partial charge in [-0.3, -0.25) is 9.69 Å². The molecule has 2 aliphatic rings. The minimum atomic E-state index is 0. The van der Waals surface area contributed by atoms with Crippen LogP contribution in [0.2, 0.25) is 0 Å². The molecule has 3 rings (SSSR count). The predicted molar refractivity (Wildman–Crippen MR) is 119 cm³/mol. The molecule has 5 nitrogen and oxygen atoms in total. The zero-order chi connectivity index (χ0) is 16.6. The summed E-state index contributed by atoms with van der Waals surface area (Å²) in [6, 6.07) is 10.7. The summed E-state index contributed by atoms with van der Waals surface area (Å²) in [6.07, 6.45) is 2.03. The van der Waals surface area contributed by atoms with E-state index in [1.807, 2.05) is 0 Å². The molecule has 0 bridgehead atoms. The van der Waals surface area contributed by atoms with E-state index >= 15 is 0 Å². The number of nitrogens with zero attached hydrogens (tertiary/aromatic N) is 2. The molecule has 27 heavy (non-hydrogen) atoms. The molecule has 1 atom stereocenters. The zero-order valence-corrected chi connectivity index (χ0v) is 18.2. The van der Waals surface area contributed by atoms with Crippen LogP contribution in [0.4, 0.5) is 0 Å². The zero-order valence-electron chi connectivity index (χ0n) is 15.8. The van der Waals surface area contributed by atoms with Gasteiger partial charge in [-0.1, -0.05) is 30.3 Å². The van der Waals surface area contributed by atoms with Crippen molar-refractivity contribution in [2.75, 3.05) is 52.4 Å². The Morgan fingerprint density at radius 1 is 1.04 bits per heavy atom. The molecule has 1 amide bonds. The Kier molecular flexibility index (Phi) is 14.1. The van der Waals surface area contributed by atoms with E-state index in [0.717, 1.165) is 71.7 Å². The van der Waals surface area contributed by atoms with Crippen molar-refractivity contribution in [1.29, 1.82) is 0 Å². The van der Waals surface area contributed by atoms with E-state index in [0.29, 0.717) is 0 Å². The van der Waals surface area contributed by atoms with Crippen molar-refractivity contribution in [1.82, 2.24) is 20.4 Å². The second kappa shape index (κ2) is 14.4. The molecule has 0 aromatic heterocycles. The normalized spacial score (nSPS) is 20.1. The molecule has 8 heteroatoms. The number of carbonyl (C=O) groups is 1. The maximum atomic E-state index is 11.9. The van der Waals surface area contributed by atoms with Gasteiger partial charge >= 0.3 is 0 Å². The molecule has 0 radical (unpaired) electrons. The molecular weight excluding hydrogens is 407 g/mol. The lowest BCUT2D eigenvalue weighted by molar-refractivity contribution is -0.124. The fourth-order valence-corrected chi connectivity index (χ4v) is 3.55. The molecule has 156 valence electrons. The summed E-state index contributed by atoms with van der Waals surface area (Å²) in [7, 11) is 0. The summed E-state index contributed by atoms with van der Waals surface area (Å²) in [5, 5.41) is 6.33. The van der Waals surface area contributed by atoms with Crippen LogP contribution in [-0.4, -0.2) is 68.1 Å². The highest BCUT2D eigenvalue weighted by atomic mass is 35.5. The first-order valence-electron chi connectivity index (χ1n) is 9.28. The SMILES string of the molecule is Cl.Cl.Cl.O=C(NCCCN1CCN(Cc2ccccc2)CC1)C1CCNC1. The summed E-state index contributed by atoms with van der Waals surface area (Å²) in [4.78, 5) is 17.0. The van der Waals surface area contributed by atoms with Gasteiger partial charge in [-0.05, 0) is 31.5 Å². The van der Waals surface area contributed by atoms with Crippen molar-refractivity contribution in [3.05, 3.63) is 35.9 Å². The lowest BCUT2D eigenvalue weighted by atomic mass is 10.1. The number of benzene rings is 1. The highest BCUT2D eigenvalue weighted by Gasteiger charge is 2.22. The van der Waals surface area contributed by atoms with Gasteiger partial charge in [-0.25, -0.2) is 0 Å². The van der Waals surface area contributed by atoms with Crippen LogP contribution in [0.25, 0.3) is 0 Å². The van der Waals surface area contributed by atoms with Crippen molar-refractivity contribution in [2.45, 2.75) is 19.4 Å². The second-order valence-electron chi connectivity index (χ2n) is 6.94. The van der Waals surface area contributed by atoms with Crippen LogP contribution >= 0.6 is 37.2 Å². The topological polar surface area (TPSA) is 47.6 Å². The Balaban J connectivity index is 0.00000225. The van der Waals surface area contributed by atoms with Gasteiger partial charge < -0.3 is 15.5 Å². The van der Waals surface area contributed by atoms with Gasteiger partial charge in [-0.2, -0.15) is 0 Å². The molecule has 2 saturated heterocycles. The molecule has 2 N–H and O–H groups in total. The second-order valence-corrected chi connectivity index (χ2v) is 6.94. The molecule has 0 spiro atoms. The monoisotopic (exact) mass is 438 g/mol. The Hall–Kier alpha value is -0.560. The minimum absolute atomic E-state index is 0. The fraction of sp³-hybridized carbons (Fsp3) is 0.632. The third kappa shape index (κ3) is 8.99. The number of hydrogen-bond acceptors (Lipinski definition) is 4. The highest BCUT2D eigenvalue weighted by molar-refractivity contribution is 5.86.